The van der Waals surface area contributed by atoms with Crippen molar-refractivity contribution < 1.29 is 14.0 Å². The van der Waals surface area contributed by atoms with Crippen LogP contribution in [0, 0.1) is 18.7 Å². The Bertz CT molecular complexity index is 1090. The molecule has 5 nitrogen and oxygen atoms in total. The Balaban J connectivity index is 1.55. The third-order valence-corrected chi connectivity index (χ3v) is 5.97. The molecule has 1 aromatic heterocycles. The van der Waals surface area contributed by atoms with Crippen molar-refractivity contribution in [3.05, 3.63) is 101 Å². The minimum atomic E-state index is -0.358. The number of halogens is 1. The largest absolute Gasteiger partial charge is 0.352 e. The second kappa shape index (κ2) is 9.73. The lowest BCUT2D eigenvalue weighted by molar-refractivity contribution is -0.126. The van der Waals surface area contributed by atoms with Crippen LogP contribution >= 0.6 is 0 Å². The molecule has 0 radical (unpaired) electrons. The second-order valence-corrected chi connectivity index (χ2v) is 8.29. The molecular formula is C26H26FN3O2. The average Bonchev–Trinajstić information content (AvgIpc) is 2.84. The number of carbonyl (C=O) groups is 2. The van der Waals surface area contributed by atoms with Gasteiger partial charge >= 0.3 is 0 Å². The molecule has 0 spiro atoms. The Morgan fingerprint density at radius 1 is 1.09 bits per heavy atom. The first-order chi connectivity index (χ1) is 15.5. The number of nitrogens with zero attached hydrogens (tertiary/aromatic N) is 2. The highest BCUT2D eigenvalue weighted by molar-refractivity contribution is 5.94. The molecule has 0 aliphatic carbocycles. The third-order valence-electron chi connectivity index (χ3n) is 5.97. The highest BCUT2D eigenvalue weighted by Gasteiger charge is 2.35. The fourth-order valence-electron chi connectivity index (χ4n) is 4.22. The quantitative estimate of drug-likeness (QED) is 0.662. The van der Waals surface area contributed by atoms with Gasteiger partial charge in [-0.2, -0.15) is 0 Å². The summed E-state index contributed by atoms with van der Waals surface area (Å²) in [6.45, 7) is 2.96. The summed E-state index contributed by atoms with van der Waals surface area (Å²) in [5.74, 6) is -0.858. The van der Waals surface area contributed by atoms with E-state index in [9.17, 15) is 14.0 Å². The first-order valence-electron chi connectivity index (χ1n) is 10.8. The van der Waals surface area contributed by atoms with Crippen LogP contribution in [0.1, 0.15) is 39.4 Å². The van der Waals surface area contributed by atoms with Crippen molar-refractivity contribution >= 4 is 11.8 Å². The number of nitrogens with one attached hydrogen (secondary N) is 1. The topological polar surface area (TPSA) is 62.3 Å². The first kappa shape index (κ1) is 21.7. The standard InChI is InChI=1S/C26H26FN3O2/c1-18-12-21(9-10-24(18)27)22-13-23(25(31)29-15-19-6-5-11-28-14-19)17-30(16-22)26(32)20-7-3-2-4-8-20/h2-12,14,22-23H,13,15-17H2,1H3,(H,29,31)/t22-,23+/m1/s1. The van der Waals surface area contributed by atoms with Crippen molar-refractivity contribution in [2.45, 2.75) is 25.8 Å². The van der Waals surface area contributed by atoms with Crippen LogP contribution in [0.4, 0.5) is 4.39 Å². The molecule has 1 saturated heterocycles. The maximum absolute atomic E-state index is 13.8. The molecule has 2 atom stereocenters. The van der Waals surface area contributed by atoms with Gasteiger partial charge in [-0.05, 0) is 54.3 Å². The molecule has 4 rings (SSSR count). The average molecular weight is 432 g/mol. The third kappa shape index (κ3) is 5.02. The van der Waals surface area contributed by atoms with E-state index in [0.29, 0.717) is 37.2 Å². The Morgan fingerprint density at radius 2 is 1.91 bits per heavy atom. The Kier molecular flexibility index (Phi) is 6.59. The van der Waals surface area contributed by atoms with Crippen molar-refractivity contribution in [2.24, 2.45) is 5.92 Å². The van der Waals surface area contributed by atoms with Crippen LogP contribution in [0.25, 0.3) is 0 Å². The molecule has 2 aromatic carbocycles. The van der Waals surface area contributed by atoms with Crippen molar-refractivity contribution in [3.63, 3.8) is 0 Å². The number of pyridine rings is 1. The smallest absolute Gasteiger partial charge is 0.253 e. The summed E-state index contributed by atoms with van der Waals surface area (Å²) in [6, 6.07) is 17.9. The van der Waals surface area contributed by atoms with E-state index in [0.717, 1.165) is 11.1 Å². The lowest BCUT2D eigenvalue weighted by Gasteiger charge is -2.37. The van der Waals surface area contributed by atoms with Gasteiger partial charge in [0.05, 0.1) is 5.92 Å². The first-order valence-corrected chi connectivity index (χ1v) is 10.8. The zero-order chi connectivity index (χ0) is 22.5. The van der Waals surface area contributed by atoms with Gasteiger partial charge in [0.25, 0.3) is 5.91 Å². The number of piperidine rings is 1. The summed E-state index contributed by atoms with van der Waals surface area (Å²) < 4.78 is 13.8. The highest BCUT2D eigenvalue weighted by Crippen LogP contribution is 2.32. The second-order valence-electron chi connectivity index (χ2n) is 8.29. The predicted molar refractivity (Wildman–Crippen MR) is 120 cm³/mol. The Labute approximate surface area is 187 Å². The number of benzene rings is 2. The summed E-state index contributed by atoms with van der Waals surface area (Å²) in [6.07, 6.45) is 4.01. The van der Waals surface area contributed by atoms with Crippen molar-refractivity contribution in [1.82, 2.24) is 15.2 Å². The van der Waals surface area contributed by atoms with Crippen LogP contribution in [-0.4, -0.2) is 34.8 Å². The molecule has 1 aliphatic heterocycles. The van der Waals surface area contributed by atoms with E-state index < -0.39 is 0 Å². The van der Waals surface area contributed by atoms with Crippen LogP contribution in [0.15, 0.2) is 73.1 Å². The summed E-state index contributed by atoms with van der Waals surface area (Å²) in [4.78, 5) is 32.0. The number of carbonyl (C=O) groups excluding carboxylic acids is 2. The van der Waals surface area contributed by atoms with Gasteiger partial charge in [-0.1, -0.05) is 36.4 Å². The van der Waals surface area contributed by atoms with E-state index in [1.54, 1.807) is 42.4 Å². The lowest BCUT2D eigenvalue weighted by atomic mass is 9.83. The van der Waals surface area contributed by atoms with Crippen LogP contribution < -0.4 is 5.32 Å². The molecule has 6 heteroatoms. The summed E-state index contributed by atoms with van der Waals surface area (Å²) >= 11 is 0. The van der Waals surface area contributed by atoms with Gasteiger partial charge in [-0.25, -0.2) is 4.39 Å². The molecule has 0 unspecified atom stereocenters. The Hall–Kier alpha value is -3.54. The summed E-state index contributed by atoms with van der Waals surface area (Å²) in [7, 11) is 0. The van der Waals surface area contributed by atoms with Crippen LogP contribution in [0.5, 0.6) is 0 Å². The van der Waals surface area contributed by atoms with Crippen LogP contribution in [0.2, 0.25) is 0 Å². The van der Waals surface area contributed by atoms with Gasteiger partial charge in [0.2, 0.25) is 5.91 Å². The van der Waals surface area contributed by atoms with E-state index in [1.165, 1.54) is 6.07 Å². The van der Waals surface area contributed by atoms with Crippen LogP contribution in [-0.2, 0) is 11.3 Å². The fraction of sp³-hybridized carbons (Fsp3) is 0.269. The molecule has 0 saturated carbocycles. The zero-order valence-electron chi connectivity index (χ0n) is 18.0. The number of aromatic nitrogens is 1. The molecule has 1 aliphatic rings. The van der Waals surface area contributed by atoms with Gasteiger partial charge in [-0.3, -0.25) is 14.6 Å². The summed E-state index contributed by atoms with van der Waals surface area (Å²) in [5, 5.41) is 2.98. The van der Waals surface area contributed by atoms with Gasteiger partial charge in [0, 0.05) is 43.5 Å². The van der Waals surface area contributed by atoms with E-state index in [4.69, 9.17) is 0 Å². The minimum Gasteiger partial charge on any atom is -0.352 e. The monoisotopic (exact) mass is 431 g/mol. The van der Waals surface area contributed by atoms with Gasteiger partial charge in [0.15, 0.2) is 0 Å². The molecule has 2 amide bonds. The minimum absolute atomic E-state index is 0.0511. The maximum atomic E-state index is 13.8. The molecule has 2 heterocycles. The van der Waals surface area contributed by atoms with E-state index in [1.807, 2.05) is 36.4 Å². The fourth-order valence-corrected chi connectivity index (χ4v) is 4.22. The molecular weight excluding hydrogens is 405 g/mol. The molecule has 1 N–H and O–H groups in total. The van der Waals surface area contributed by atoms with Gasteiger partial charge in [-0.15, -0.1) is 0 Å². The molecule has 0 bridgehead atoms. The number of amides is 2. The SMILES string of the molecule is Cc1cc([C@@H]2C[C@H](C(=O)NCc3cccnc3)CN(C(=O)c3ccccc3)C2)ccc1F. The van der Waals surface area contributed by atoms with E-state index in [-0.39, 0.29) is 29.5 Å². The highest BCUT2D eigenvalue weighted by atomic mass is 19.1. The number of hydrogen-bond acceptors (Lipinski definition) is 3. The summed E-state index contributed by atoms with van der Waals surface area (Å²) in [5.41, 5.74) is 3.02. The molecule has 164 valence electrons. The van der Waals surface area contributed by atoms with Gasteiger partial charge < -0.3 is 10.2 Å². The number of hydrogen-bond donors (Lipinski definition) is 1. The number of aryl methyl sites for hydroxylation is 1. The predicted octanol–water partition coefficient (Wildman–Crippen LogP) is 4.09. The van der Waals surface area contributed by atoms with Crippen molar-refractivity contribution in [2.75, 3.05) is 13.1 Å². The lowest BCUT2D eigenvalue weighted by Crippen LogP contribution is -2.48. The van der Waals surface area contributed by atoms with E-state index >= 15 is 0 Å². The maximum Gasteiger partial charge on any atom is 0.253 e. The number of likely N-dealkylation sites (tertiary alicyclic amines) is 1. The number of rotatable bonds is 5. The molecule has 3 aromatic rings. The molecule has 32 heavy (non-hydrogen) atoms. The zero-order valence-corrected chi connectivity index (χ0v) is 18.0. The molecule has 1 fully saturated rings. The normalized spacial score (nSPS) is 18.2. The Morgan fingerprint density at radius 3 is 2.62 bits per heavy atom. The van der Waals surface area contributed by atoms with E-state index in [2.05, 4.69) is 10.3 Å². The van der Waals surface area contributed by atoms with Crippen molar-refractivity contribution in [3.8, 4) is 0 Å². The van der Waals surface area contributed by atoms with Crippen LogP contribution in [0.3, 0.4) is 0 Å². The van der Waals surface area contributed by atoms with Gasteiger partial charge in [0.1, 0.15) is 5.82 Å². The van der Waals surface area contributed by atoms with Crippen molar-refractivity contribution in [1.29, 1.82) is 0 Å².